The lowest BCUT2D eigenvalue weighted by Crippen LogP contribution is -2.52. The maximum absolute atomic E-state index is 7.90. The van der Waals surface area contributed by atoms with Gasteiger partial charge < -0.3 is 0 Å². The minimum absolute atomic E-state index is 0.0201. The third kappa shape index (κ3) is 12.4. The summed E-state index contributed by atoms with van der Waals surface area (Å²) in [5.41, 5.74) is 40.7. The summed E-state index contributed by atoms with van der Waals surface area (Å²) in [7, 11) is 8.73. The molecule has 0 radical (unpaired) electrons. The van der Waals surface area contributed by atoms with Crippen molar-refractivity contribution in [2.75, 3.05) is 0 Å². The molecule has 0 fully saturated rings. The Kier molecular flexibility index (Phi) is 19.9. The van der Waals surface area contributed by atoms with Crippen molar-refractivity contribution in [3.05, 3.63) is 307 Å². The molecule has 0 bridgehead atoms. The second-order valence-corrected chi connectivity index (χ2v) is 37.9. The lowest BCUT2D eigenvalue weighted by molar-refractivity contribution is -0.735. The Balaban J connectivity index is 0.000000131. The van der Waals surface area contributed by atoms with Crippen LogP contribution in [0, 0.1) is 69.2 Å². The van der Waals surface area contributed by atoms with Crippen molar-refractivity contribution in [2.45, 2.75) is 249 Å². The van der Waals surface area contributed by atoms with E-state index >= 15 is 0 Å². The number of hydrogen-bond acceptors (Lipinski definition) is 0. The third-order valence-corrected chi connectivity index (χ3v) is 30.3. The molecule has 600 valence electrons. The van der Waals surface area contributed by atoms with Crippen molar-refractivity contribution in [3.8, 4) is 78.9 Å². The molecule has 0 saturated heterocycles. The number of aromatic nitrogens is 8. The van der Waals surface area contributed by atoms with E-state index in [0.29, 0.717) is 5.56 Å². The van der Waals surface area contributed by atoms with Gasteiger partial charge in [0.2, 0.25) is 22.8 Å². The van der Waals surface area contributed by atoms with Gasteiger partial charge in [0.25, 0.3) is 0 Å². The van der Waals surface area contributed by atoms with Gasteiger partial charge in [-0.2, -0.15) is 0 Å². The Morgan fingerprint density at radius 3 is 0.871 bits per heavy atom. The molecule has 8 nitrogen and oxygen atoms in total. The topological polar surface area (TPSA) is 35.2 Å². The van der Waals surface area contributed by atoms with Crippen LogP contribution in [0.5, 0.6) is 0 Å². The van der Waals surface area contributed by atoms with Crippen molar-refractivity contribution < 1.29 is 22.8 Å². The first-order valence-corrected chi connectivity index (χ1v) is 42.7. The average Bonchev–Trinajstić information content (AvgIpc) is 1.60. The van der Waals surface area contributed by atoms with Crippen molar-refractivity contribution in [2.24, 2.45) is 28.2 Å². The Morgan fingerprint density at radius 1 is 0.276 bits per heavy atom. The minimum atomic E-state index is -2.12. The molecule has 4 aliphatic heterocycles. The first-order valence-electron chi connectivity index (χ1n) is 44.2. The summed E-state index contributed by atoms with van der Waals surface area (Å²) in [5, 5.41) is 0. The van der Waals surface area contributed by atoms with E-state index in [9.17, 15) is 0 Å². The molecule has 4 aliphatic rings. The zero-order valence-electron chi connectivity index (χ0n) is 78.5. The van der Waals surface area contributed by atoms with E-state index in [-0.39, 0.29) is 43.3 Å². The summed E-state index contributed by atoms with van der Waals surface area (Å²) < 4.78 is 42.8. The van der Waals surface area contributed by atoms with Crippen LogP contribution in [0.2, 0.25) is 0 Å². The number of para-hydroxylation sites is 4. The van der Waals surface area contributed by atoms with E-state index < -0.39 is 6.85 Å². The van der Waals surface area contributed by atoms with Gasteiger partial charge in [-0.3, -0.25) is 0 Å². The van der Waals surface area contributed by atoms with Crippen LogP contribution in [0.25, 0.3) is 78.9 Å². The lowest BCUT2D eigenvalue weighted by Gasteiger charge is -2.48. The fraction of sp³-hybridized carbons (Fsp3) is 0.389. The number of hydrogen-bond donors (Lipinski definition) is 0. The molecule has 9 aromatic carbocycles. The largest absolute Gasteiger partial charge is 0.246 e. The highest BCUT2D eigenvalue weighted by Crippen LogP contribution is 2.59. The summed E-state index contributed by atoms with van der Waals surface area (Å²) in [6, 6.07) is 75.3. The quantitative estimate of drug-likeness (QED) is 0.129. The Labute approximate surface area is 700 Å². The van der Waals surface area contributed by atoms with Gasteiger partial charge in [0, 0.05) is 87.9 Å². The molecule has 4 aromatic heterocycles. The van der Waals surface area contributed by atoms with Gasteiger partial charge in [-0.1, -0.05) is 284 Å². The molecule has 17 rings (SSSR count). The van der Waals surface area contributed by atoms with Crippen LogP contribution >= 0.6 is 0 Å². The van der Waals surface area contributed by atoms with Crippen molar-refractivity contribution in [1.82, 2.24) is 18.7 Å². The maximum atomic E-state index is 7.90. The highest BCUT2D eigenvalue weighted by atomic mass is 15.4. The second-order valence-electron chi connectivity index (χ2n) is 37.9. The predicted molar refractivity (Wildman–Crippen MR) is 485 cm³/mol. The molecule has 0 aliphatic carbocycles. The Morgan fingerprint density at radius 2 is 0.552 bits per heavy atom. The molecule has 0 amide bonds. The molecule has 4 atom stereocenters. The van der Waals surface area contributed by atoms with E-state index in [1.54, 1.807) is 6.07 Å². The zero-order valence-corrected chi connectivity index (χ0v) is 75.5. The fourth-order valence-electron chi connectivity index (χ4n) is 21.5. The third-order valence-electron chi connectivity index (χ3n) is 30.3. The molecule has 0 N–H and O–H groups in total. The molecule has 116 heavy (non-hydrogen) atoms. The minimum Gasteiger partial charge on any atom is -0.124 e. The van der Waals surface area contributed by atoms with Crippen LogP contribution in [0.15, 0.2) is 206 Å². The van der Waals surface area contributed by atoms with E-state index in [4.69, 9.17) is 4.11 Å². The SMILES string of the molecule is CCC1(C)c2c(-c3ccccc3)c(-c3cc(C)cc(C)c3)[n+](C)n2-c2c(C)cccc2C1(C)C.CCC1(C)c2cc(-c3cc(C)cc(C)c3)[n+](C)n2-c2c(C)cccc2C1(C)C.CCC1(C)c2cc(-c3ccccc3)[n+](C)n2-c2c(C)cccc2C1(C)C.[2H]C([2H])([2H])c1cc(C)cc(-c2cc3n([n+]2C)-c2c(C)cccc2C(C)(C)C3(C)CC)c1. The molecule has 4 unspecified atom stereocenters. The average molecular weight is 1550 g/mol. The molecule has 0 saturated carbocycles. The van der Waals surface area contributed by atoms with Gasteiger partial charge in [0.05, 0.1) is 22.6 Å². The predicted octanol–water partition coefficient (Wildman–Crippen LogP) is 24.5. The van der Waals surface area contributed by atoms with Gasteiger partial charge in [0.1, 0.15) is 28.4 Å². The highest BCUT2D eigenvalue weighted by molar-refractivity contribution is 5.84. The van der Waals surface area contributed by atoms with Crippen molar-refractivity contribution in [1.29, 1.82) is 0 Å². The smallest absolute Gasteiger partial charge is 0.124 e. The van der Waals surface area contributed by atoms with Gasteiger partial charge in [-0.05, 0) is 193 Å². The maximum Gasteiger partial charge on any atom is 0.246 e. The summed E-state index contributed by atoms with van der Waals surface area (Å²) in [6.07, 6.45) is 4.27. The number of fused-ring (bicyclic) bond motifs is 12. The van der Waals surface area contributed by atoms with Gasteiger partial charge in [-0.25, -0.2) is 0 Å². The van der Waals surface area contributed by atoms with Crippen LogP contribution in [0.4, 0.5) is 0 Å². The van der Waals surface area contributed by atoms with Gasteiger partial charge in [-0.15, -0.1) is 37.5 Å². The van der Waals surface area contributed by atoms with Crippen molar-refractivity contribution >= 4 is 0 Å². The Hall–Kier alpha value is -10.2. The molecule has 13 aromatic rings. The van der Waals surface area contributed by atoms with Crippen LogP contribution in [-0.2, 0) is 71.5 Å². The number of rotatable bonds is 9. The lowest BCUT2D eigenvalue weighted by atomic mass is 9.57. The van der Waals surface area contributed by atoms with Crippen LogP contribution in [0.1, 0.15) is 241 Å². The highest BCUT2D eigenvalue weighted by Gasteiger charge is 2.58. The van der Waals surface area contributed by atoms with Gasteiger partial charge >= 0.3 is 0 Å². The van der Waals surface area contributed by atoms with Crippen LogP contribution < -0.4 is 18.7 Å². The molecule has 0 spiro atoms. The van der Waals surface area contributed by atoms with Crippen molar-refractivity contribution in [3.63, 3.8) is 0 Å². The summed E-state index contributed by atoms with van der Waals surface area (Å²) >= 11 is 0. The monoisotopic (exact) mass is 1540 g/mol. The summed E-state index contributed by atoms with van der Waals surface area (Å²) in [4.78, 5) is 0. The Bertz CT molecular complexity index is 6100. The summed E-state index contributed by atoms with van der Waals surface area (Å²) in [5.74, 6) is 0. The van der Waals surface area contributed by atoms with E-state index in [0.717, 1.165) is 42.5 Å². The molecular weight excluding hydrogens is 1410 g/mol. The van der Waals surface area contributed by atoms with E-state index in [1.807, 2.05) is 13.0 Å². The van der Waals surface area contributed by atoms with E-state index in [1.165, 1.54) is 157 Å². The second kappa shape index (κ2) is 29.5. The molecule has 8 heterocycles. The van der Waals surface area contributed by atoms with E-state index in [2.05, 4.69) is 426 Å². The normalized spacial score (nSPS) is 20.2. The first kappa shape index (κ1) is 78.3. The van der Waals surface area contributed by atoms with Crippen LogP contribution in [-0.4, -0.2) is 18.7 Å². The molecular formula is C108H132N8+4. The van der Waals surface area contributed by atoms with Gasteiger partial charge in [0.15, 0.2) is 28.2 Å². The number of nitrogens with zero attached hydrogens (tertiary/aromatic N) is 8. The first-order chi connectivity index (χ1) is 55.9. The summed E-state index contributed by atoms with van der Waals surface area (Å²) in [6.45, 7) is 55.7. The number of benzene rings is 9. The number of aryl methyl sites for hydroxylation is 10. The fourth-order valence-corrected chi connectivity index (χ4v) is 21.5. The standard InChI is InChI=1S/C32H37N2.2C26H33N2.C24H29N2/c1-9-32(7)30-27(24-15-11-10-12-16-24)29(25-19-21(2)18-22(3)20-25)33(8)34(30)28-23(4)14-13-17-26(28)31(32,5)6;2*1-9-26(7)23-16-22(20-14-17(2)13-18(3)15-20)27(8)28(23)24-19(4)11-10-12-21(24)25(26,5)6;1-7-24(5)21-16-20(18-13-9-8-10-14-18)25(6)26(21)22-17(2)12-11-15-19(22)23(24,3)4/h10-20H,9H2,1-8H3;2*10-16H,9H2,1-8H3;8-16H,7H2,1-6H3/q4*+1/i;2D3;;. The zero-order chi connectivity index (χ0) is 86.5. The molecule has 8 heteroatoms. The van der Waals surface area contributed by atoms with Crippen LogP contribution in [0.3, 0.4) is 0 Å².